The summed E-state index contributed by atoms with van der Waals surface area (Å²) in [5.74, 6) is 0.450. The van der Waals surface area contributed by atoms with Crippen molar-refractivity contribution in [3.63, 3.8) is 0 Å². The van der Waals surface area contributed by atoms with Crippen LogP contribution in [0.5, 0.6) is 0 Å². The molecule has 1 aliphatic rings. The number of amides is 1. The van der Waals surface area contributed by atoms with E-state index in [4.69, 9.17) is 0 Å². The number of nitrogens with one attached hydrogen (secondary N) is 1. The SMILES string of the molecule is Cc1csc(C(Cc2ccsc2)NC(=O)c2cc(C3CC3)nn2C)n1. The van der Waals surface area contributed by atoms with Gasteiger partial charge in [0.2, 0.25) is 0 Å². The van der Waals surface area contributed by atoms with Gasteiger partial charge in [0.15, 0.2) is 0 Å². The minimum Gasteiger partial charge on any atom is -0.341 e. The summed E-state index contributed by atoms with van der Waals surface area (Å²) < 4.78 is 1.69. The second-order valence-electron chi connectivity index (χ2n) is 6.54. The van der Waals surface area contributed by atoms with Gasteiger partial charge < -0.3 is 5.32 Å². The number of aryl methyl sites for hydroxylation is 2. The third-order valence-corrected chi connectivity index (χ3v) is 6.20. The molecule has 1 saturated carbocycles. The summed E-state index contributed by atoms with van der Waals surface area (Å²) in [6, 6.07) is 3.90. The van der Waals surface area contributed by atoms with Crippen molar-refractivity contribution in [2.45, 2.75) is 38.1 Å². The quantitative estimate of drug-likeness (QED) is 0.715. The zero-order valence-electron chi connectivity index (χ0n) is 14.2. The Morgan fingerprint density at radius 1 is 1.44 bits per heavy atom. The van der Waals surface area contributed by atoms with E-state index in [9.17, 15) is 4.79 Å². The summed E-state index contributed by atoms with van der Waals surface area (Å²) in [5.41, 5.74) is 3.85. The zero-order chi connectivity index (χ0) is 17.4. The number of rotatable bonds is 6. The third kappa shape index (κ3) is 3.67. The minimum absolute atomic E-state index is 0.0880. The van der Waals surface area contributed by atoms with Crippen molar-refractivity contribution in [2.75, 3.05) is 0 Å². The zero-order valence-corrected chi connectivity index (χ0v) is 15.9. The summed E-state index contributed by atoms with van der Waals surface area (Å²) >= 11 is 3.27. The highest BCUT2D eigenvalue weighted by atomic mass is 32.1. The molecule has 0 saturated heterocycles. The lowest BCUT2D eigenvalue weighted by molar-refractivity contribution is 0.0927. The summed E-state index contributed by atoms with van der Waals surface area (Å²) in [4.78, 5) is 17.4. The number of nitrogens with zero attached hydrogens (tertiary/aromatic N) is 3. The molecule has 4 rings (SSSR count). The number of hydrogen-bond acceptors (Lipinski definition) is 5. The molecule has 0 aliphatic heterocycles. The van der Waals surface area contributed by atoms with E-state index in [0.717, 1.165) is 22.8 Å². The van der Waals surface area contributed by atoms with E-state index >= 15 is 0 Å². The van der Waals surface area contributed by atoms with Crippen LogP contribution in [0.15, 0.2) is 28.3 Å². The predicted octanol–water partition coefficient (Wildman–Crippen LogP) is 3.84. The van der Waals surface area contributed by atoms with Crippen LogP contribution < -0.4 is 5.32 Å². The second-order valence-corrected chi connectivity index (χ2v) is 8.21. The van der Waals surface area contributed by atoms with E-state index in [1.807, 2.05) is 25.4 Å². The molecular formula is C18H20N4OS2. The van der Waals surface area contributed by atoms with E-state index < -0.39 is 0 Å². The standard InChI is InChI=1S/C18H20N4OS2/c1-11-9-25-18(19-11)15(7-12-5-6-24-10-12)20-17(23)16-8-14(13-3-4-13)21-22(16)2/h5-6,8-10,13,15H,3-4,7H2,1-2H3,(H,20,23). The number of carbonyl (C=O) groups is 1. The van der Waals surface area contributed by atoms with Gasteiger partial charge in [-0.25, -0.2) is 4.98 Å². The topological polar surface area (TPSA) is 59.8 Å². The molecule has 1 fully saturated rings. The Hall–Kier alpha value is -1.99. The van der Waals surface area contributed by atoms with Crippen molar-refractivity contribution in [3.05, 3.63) is 55.9 Å². The highest BCUT2D eigenvalue weighted by molar-refractivity contribution is 7.09. The predicted molar refractivity (Wildman–Crippen MR) is 100 cm³/mol. The van der Waals surface area contributed by atoms with Gasteiger partial charge in [-0.2, -0.15) is 16.4 Å². The monoisotopic (exact) mass is 372 g/mol. The second kappa shape index (κ2) is 6.72. The number of thiazole rings is 1. The Kier molecular flexibility index (Phi) is 4.43. The van der Waals surface area contributed by atoms with E-state index in [1.165, 1.54) is 18.4 Å². The molecule has 3 aromatic heterocycles. The highest BCUT2D eigenvalue weighted by Crippen LogP contribution is 2.39. The van der Waals surface area contributed by atoms with Crippen LogP contribution in [-0.2, 0) is 13.5 Å². The molecule has 1 unspecified atom stereocenters. The van der Waals surface area contributed by atoms with Crippen LogP contribution in [0, 0.1) is 6.92 Å². The van der Waals surface area contributed by atoms with Gasteiger partial charge in [0, 0.05) is 30.5 Å². The fourth-order valence-corrected chi connectivity index (χ4v) is 4.42. The lowest BCUT2D eigenvalue weighted by Gasteiger charge is -2.16. The Balaban J connectivity index is 1.56. The molecule has 0 radical (unpaired) electrons. The Bertz CT molecular complexity index is 877. The Morgan fingerprint density at radius 3 is 2.92 bits per heavy atom. The van der Waals surface area contributed by atoms with Crippen LogP contribution >= 0.6 is 22.7 Å². The summed E-state index contributed by atoms with van der Waals surface area (Å²) in [7, 11) is 1.84. The number of carbonyl (C=O) groups excluding carboxylic acids is 1. The highest BCUT2D eigenvalue weighted by Gasteiger charge is 2.29. The summed E-state index contributed by atoms with van der Waals surface area (Å²) in [6.07, 6.45) is 3.10. The number of aromatic nitrogens is 3. The van der Waals surface area contributed by atoms with Gasteiger partial charge in [-0.1, -0.05) is 0 Å². The first-order valence-corrected chi connectivity index (χ1v) is 10.2. The molecule has 130 valence electrons. The van der Waals surface area contributed by atoms with Crippen LogP contribution in [0.25, 0.3) is 0 Å². The smallest absolute Gasteiger partial charge is 0.270 e. The summed E-state index contributed by atoms with van der Waals surface area (Å²) in [6.45, 7) is 1.98. The molecule has 0 spiro atoms. The van der Waals surface area contributed by atoms with Crippen molar-refractivity contribution in [3.8, 4) is 0 Å². The van der Waals surface area contributed by atoms with Crippen molar-refractivity contribution in [1.82, 2.24) is 20.1 Å². The number of thiophene rings is 1. The Labute approximate surface area is 154 Å². The maximum atomic E-state index is 12.8. The third-order valence-electron chi connectivity index (χ3n) is 4.39. The van der Waals surface area contributed by atoms with E-state index in [2.05, 4.69) is 32.2 Å². The molecule has 1 amide bonds. The Morgan fingerprint density at radius 2 is 2.28 bits per heavy atom. The normalized spacial score (nSPS) is 15.3. The van der Waals surface area contributed by atoms with Gasteiger partial charge >= 0.3 is 0 Å². The fourth-order valence-electron chi connectivity index (χ4n) is 2.89. The van der Waals surface area contributed by atoms with Gasteiger partial charge in [-0.15, -0.1) is 11.3 Å². The molecule has 3 aromatic rings. The largest absolute Gasteiger partial charge is 0.341 e. The lowest BCUT2D eigenvalue weighted by atomic mass is 10.1. The van der Waals surface area contributed by atoms with Gasteiger partial charge in [0.25, 0.3) is 5.91 Å². The van der Waals surface area contributed by atoms with Crippen LogP contribution in [0.4, 0.5) is 0 Å². The molecule has 0 bridgehead atoms. The van der Waals surface area contributed by atoms with Crippen molar-refractivity contribution in [1.29, 1.82) is 0 Å². The molecular weight excluding hydrogens is 352 g/mol. The molecule has 1 N–H and O–H groups in total. The van der Waals surface area contributed by atoms with Crippen LogP contribution in [0.2, 0.25) is 0 Å². The maximum Gasteiger partial charge on any atom is 0.270 e. The fraction of sp³-hybridized carbons (Fsp3) is 0.389. The van der Waals surface area contributed by atoms with Gasteiger partial charge in [-0.3, -0.25) is 9.48 Å². The average Bonchev–Trinajstić information content (AvgIpc) is 2.96. The van der Waals surface area contributed by atoms with Gasteiger partial charge in [0.05, 0.1) is 11.7 Å². The van der Waals surface area contributed by atoms with Crippen molar-refractivity contribution >= 4 is 28.6 Å². The first kappa shape index (κ1) is 16.5. The minimum atomic E-state index is -0.125. The first-order chi connectivity index (χ1) is 12.1. The molecule has 0 aromatic carbocycles. The lowest BCUT2D eigenvalue weighted by Crippen LogP contribution is -2.31. The number of hydrogen-bond donors (Lipinski definition) is 1. The molecule has 5 nitrogen and oxygen atoms in total. The van der Waals surface area contributed by atoms with Crippen molar-refractivity contribution < 1.29 is 4.79 Å². The maximum absolute atomic E-state index is 12.8. The molecule has 3 heterocycles. The average molecular weight is 373 g/mol. The van der Waals surface area contributed by atoms with E-state index in [1.54, 1.807) is 27.4 Å². The van der Waals surface area contributed by atoms with Gasteiger partial charge in [0.1, 0.15) is 10.7 Å². The summed E-state index contributed by atoms with van der Waals surface area (Å²) in [5, 5.41) is 14.8. The first-order valence-electron chi connectivity index (χ1n) is 8.38. The molecule has 7 heteroatoms. The van der Waals surface area contributed by atoms with E-state index in [-0.39, 0.29) is 11.9 Å². The van der Waals surface area contributed by atoms with Crippen LogP contribution in [0.1, 0.15) is 57.2 Å². The van der Waals surface area contributed by atoms with Crippen molar-refractivity contribution in [2.24, 2.45) is 7.05 Å². The van der Waals surface area contributed by atoms with Crippen LogP contribution in [-0.4, -0.2) is 20.7 Å². The molecule has 1 atom stereocenters. The molecule has 1 aliphatic carbocycles. The molecule has 25 heavy (non-hydrogen) atoms. The van der Waals surface area contributed by atoms with Gasteiger partial charge in [-0.05, 0) is 48.2 Å². The van der Waals surface area contributed by atoms with E-state index in [0.29, 0.717) is 11.6 Å². The van der Waals surface area contributed by atoms with Crippen LogP contribution in [0.3, 0.4) is 0 Å².